The molecule has 0 aromatic heterocycles. The van der Waals surface area contributed by atoms with Gasteiger partial charge in [-0.1, -0.05) is 39.7 Å². The number of nitrogens with one attached hydrogen (secondary N) is 1. The first kappa shape index (κ1) is 17.4. The minimum atomic E-state index is -1.04. The molecule has 2 aromatic carbocycles. The lowest BCUT2D eigenvalue weighted by Crippen LogP contribution is -2.58. The van der Waals surface area contributed by atoms with Gasteiger partial charge in [0.15, 0.2) is 11.0 Å². The Morgan fingerprint density at radius 3 is 2.60 bits per heavy atom. The summed E-state index contributed by atoms with van der Waals surface area (Å²) >= 11 is 8.53. The number of rotatable bonds is 3. The molecule has 126 valence electrons. The molecule has 3 rings (SSSR count). The molecule has 0 spiro atoms. The first-order valence-electron chi connectivity index (χ1n) is 7.51. The molecule has 1 heterocycles. The number of nitrogens with zero attached hydrogens (tertiary/aromatic N) is 2. The van der Waals surface area contributed by atoms with Crippen LogP contribution in [0.15, 0.2) is 58.0 Å². The van der Waals surface area contributed by atoms with Gasteiger partial charge < -0.3 is 5.32 Å². The van der Waals surface area contributed by atoms with Crippen molar-refractivity contribution in [3.05, 3.63) is 58.6 Å². The fraction of sp³-hybridized carbons (Fsp3) is 0.111. The molecule has 25 heavy (non-hydrogen) atoms. The first-order valence-corrected chi connectivity index (χ1v) is 8.71. The third-order valence-electron chi connectivity index (χ3n) is 3.68. The molecule has 2 amide bonds. The van der Waals surface area contributed by atoms with Crippen molar-refractivity contribution < 1.29 is 9.59 Å². The van der Waals surface area contributed by atoms with E-state index in [1.165, 1.54) is 11.1 Å². The summed E-state index contributed by atoms with van der Waals surface area (Å²) in [5.41, 5.74) is 2.32. The number of aryl methyl sites for hydroxylation is 1. The zero-order valence-electron chi connectivity index (χ0n) is 13.3. The normalized spacial score (nSPS) is 17.9. The van der Waals surface area contributed by atoms with Crippen LogP contribution in [0.2, 0.25) is 0 Å². The molecule has 1 aliphatic rings. The maximum atomic E-state index is 12.8. The van der Waals surface area contributed by atoms with Gasteiger partial charge in [0.05, 0.1) is 11.4 Å². The smallest absolute Gasteiger partial charge is 0.251 e. The van der Waals surface area contributed by atoms with Gasteiger partial charge in [-0.25, -0.2) is 0 Å². The number of thiocarbonyl (C=S) groups is 1. The van der Waals surface area contributed by atoms with Crippen molar-refractivity contribution in [3.8, 4) is 0 Å². The fourth-order valence-electron chi connectivity index (χ4n) is 2.38. The number of hydrogen-bond acceptors (Lipinski definition) is 4. The van der Waals surface area contributed by atoms with Crippen LogP contribution in [0.1, 0.15) is 5.56 Å². The Morgan fingerprint density at radius 2 is 1.92 bits per heavy atom. The molecule has 0 radical (unpaired) electrons. The molecule has 0 aliphatic carbocycles. The highest BCUT2D eigenvalue weighted by Gasteiger charge is 2.38. The maximum absolute atomic E-state index is 12.8. The summed E-state index contributed by atoms with van der Waals surface area (Å²) in [7, 11) is 0. The molecule has 0 bridgehead atoms. The van der Waals surface area contributed by atoms with E-state index in [2.05, 4.69) is 26.2 Å². The van der Waals surface area contributed by atoms with E-state index in [1.807, 2.05) is 31.2 Å². The van der Waals surface area contributed by atoms with E-state index in [0.717, 1.165) is 10.0 Å². The van der Waals surface area contributed by atoms with E-state index >= 15 is 0 Å². The molecule has 7 heteroatoms. The molecule has 1 aliphatic heterocycles. The number of anilines is 1. The van der Waals surface area contributed by atoms with Crippen molar-refractivity contribution in [2.75, 3.05) is 4.90 Å². The molecule has 5 nitrogen and oxygen atoms in total. The van der Waals surface area contributed by atoms with E-state index in [0.29, 0.717) is 11.4 Å². The van der Waals surface area contributed by atoms with Crippen LogP contribution in [-0.4, -0.2) is 23.1 Å². The molecular formula is C18H14BrN3O2S. The van der Waals surface area contributed by atoms with Gasteiger partial charge in [-0.05, 0) is 49.5 Å². The van der Waals surface area contributed by atoms with Crippen molar-refractivity contribution in [2.24, 2.45) is 10.9 Å². The third-order valence-corrected chi connectivity index (χ3v) is 4.45. The van der Waals surface area contributed by atoms with Gasteiger partial charge in [-0.15, -0.1) is 0 Å². The number of carbonyl (C=O) groups is 2. The number of amides is 2. The van der Waals surface area contributed by atoms with E-state index in [9.17, 15) is 9.59 Å². The number of hydrogen-bond donors (Lipinski definition) is 1. The molecule has 0 unspecified atom stereocenters. The summed E-state index contributed by atoms with van der Waals surface area (Å²) in [6.07, 6.45) is 1.35. The lowest BCUT2D eigenvalue weighted by molar-refractivity contribution is -0.130. The van der Waals surface area contributed by atoms with Crippen LogP contribution < -0.4 is 10.2 Å². The second kappa shape index (κ2) is 7.25. The monoisotopic (exact) mass is 415 g/mol. The SMILES string of the molecule is Cc1ccc(N2C(=O)[C@@H](C=Nc3cccc(Br)c3)C(=O)NC2=S)cc1. The zero-order valence-corrected chi connectivity index (χ0v) is 15.7. The van der Waals surface area contributed by atoms with E-state index in [1.54, 1.807) is 24.3 Å². The van der Waals surface area contributed by atoms with Crippen LogP contribution in [0.25, 0.3) is 0 Å². The van der Waals surface area contributed by atoms with Gasteiger partial charge in [-0.3, -0.25) is 19.5 Å². The summed E-state index contributed by atoms with van der Waals surface area (Å²) in [6, 6.07) is 14.6. The van der Waals surface area contributed by atoms with Crippen molar-refractivity contribution in [2.45, 2.75) is 6.92 Å². The lowest BCUT2D eigenvalue weighted by atomic mass is 10.1. The lowest BCUT2D eigenvalue weighted by Gasteiger charge is -2.30. The maximum Gasteiger partial charge on any atom is 0.251 e. The van der Waals surface area contributed by atoms with E-state index in [-0.39, 0.29) is 5.11 Å². The van der Waals surface area contributed by atoms with Gasteiger partial charge in [0.1, 0.15) is 0 Å². The largest absolute Gasteiger partial charge is 0.301 e. The Bertz CT molecular complexity index is 880. The van der Waals surface area contributed by atoms with Crippen LogP contribution in [0.5, 0.6) is 0 Å². The third kappa shape index (κ3) is 3.83. The minimum Gasteiger partial charge on any atom is -0.301 e. The zero-order chi connectivity index (χ0) is 18.0. The molecule has 1 atom stereocenters. The number of carbonyl (C=O) groups excluding carboxylic acids is 2. The summed E-state index contributed by atoms with van der Waals surface area (Å²) in [5, 5.41) is 2.64. The van der Waals surface area contributed by atoms with Crippen LogP contribution in [0.3, 0.4) is 0 Å². The fourth-order valence-corrected chi connectivity index (χ4v) is 3.06. The van der Waals surface area contributed by atoms with Gasteiger partial charge in [-0.2, -0.15) is 0 Å². The highest BCUT2D eigenvalue weighted by molar-refractivity contribution is 9.10. The predicted molar refractivity (Wildman–Crippen MR) is 105 cm³/mol. The van der Waals surface area contributed by atoms with Crippen molar-refractivity contribution in [1.82, 2.24) is 5.32 Å². The second-order valence-electron chi connectivity index (χ2n) is 5.54. The van der Waals surface area contributed by atoms with Crippen molar-refractivity contribution >= 4 is 62.7 Å². The van der Waals surface area contributed by atoms with E-state index in [4.69, 9.17) is 12.2 Å². The van der Waals surface area contributed by atoms with Crippen LogP contribution in [0.4, 0.5) is 11.4 Å². The topological polar surface area (TPSA) is 61.8 Å². The van der Waals surface area contributed by atoms with Gasteiger partial charge in [0, 0.05) is 10.7 Å². The van der Waals surface area contributed by atoms with Crippen LogP contribution >= 0.6 is 28.1 Å². The molecule has 1 fully saturated rings. The second-order valence-corrected chi connectivity index (χ2v) is 6.84. The Kier molecular flexibility index (Phi) is 5.06. The van der Waals surface area contributed by atoms with E-state index < -0.39 is 17.7 Å². The van der Waals surface area contributed by atoms with Gasteiger partial charge in [0.2, 0.25) is 5.91 Å². The molecule has 1 N–H and O–H groups in total. The summed E-state index contributed by atoms with van der Waals surface area (Å²) in [4.78, 5) is 30.6. The highest BCUT2D eigenvalue weighted by Crippen LogP contribution is 2.22. The molecular weight excluding hydrogens is 402 g/mol. The number of halogens is 1. The highest BCUT2D eigenvalue weighted by atomic mass is 79.9. The Labute approximate surface area is 158 Å². The van der Waals surface area contributed by atoms with Gasteiger partial charge >= 0.3 is 0 Å². The van der Waals surface area contributed by atoms with Crippen LogP contribution in [0, 0.1) is 12.8 Å². The summed E-state index contributed by atoms with van der Waals surface area (Å²) in [5.74, 6) is -1.93. The standard InChI is InChI=1S/C18H14BrN3O2S/c1-11-5-7-14(8-6-11)22-17(24)15(16(23)21-18(22)25)10-20-13-4-2-3-12(19)9-13/h2-10,15H,1H3,(H,21,23,25)/t15-/m0/s1. The first-order chi connectivity index (χ1) is 12.0. The molecule has 0 saturated carbocycles. The Hall–Kier alpha value is -2.38. The van der Waals surface area contributed by atoms with Crippen LogP contribution in [-0.2, 0) is 9.59 Å². The number of aliphatic imine (C=N–C) groups is 1. The quantitative estimate of drug-likeness (QED) is 0.473. The Morgan fingerprint density at radius 1 is 1.20 bits per heavy atom. The summed E-state index contributed by atoms with van der Waals surface area (Å²) < 4.78 is 0.865. The van der Waals surface area contributed by atoms with Crippen molar-refractivity contribution in [3.63, 3.8) is 0 Å². The van der Waals surface area contributed by atoms with Gasteiger partial charge in [0.25, 0.3) is 5.91 Å². The number of benzene rings is 2. The molecule has 1 saturated heterocycles. The predicted octanol–water partition coefficient (Wildman–Crippen LogP) is 3.52. The minimum absolute atomic E-state index is 0.0750. The average Bonchev–Trinajstić information content (AvgIpc) is 2.56. The summed E-state index contributed by atoms with van der Waals surface area (Å²) in [6.45, 7) is 1.95. The Balaban J connectivity index is 1.89. The average molecular weight is 416 g/mol. The molecule has 2 aromatic rings. The van der Waals surface area contributed by atoms with Crippen molar-refractivity contribution in [1.29, 1.82) is 0 Å².